The van der Waals surface area contributed by atoms with Crippen LogP contribution >= 0.6 is 0 Å². The highest BCUT2D eigenvalue weighted by Gasteiger charge is 2.25. The number of nitrogens with zero attached hydrogens (tertiary/aromatic N) is 2. The maximum absolute atomic E-state index is 12.7. The van der Waals surface area contributed by atoms with E-state index in [1.54, 1.807) is 30.3 Å². The van der Waals surface area contributed by atoms with E-state index in [1.165, 1.54) is 11.8 Å². The van der Waals surface area contributed by atoms with Crippen molar-refractivity contribution in [1.82, 2.24) is 9.88 Å². The molecule has 0 fully saturated rings. The van der Waals surface area contributed by atoms with Crippen molar-refractivity contribution < 1.29 is 24.6 Å². The normalized spacial score (nSPS) is 11.8. The third kappa shape index (κ3) is 5.74. The molecule has 7 heteroatoms. The van der Waals surface area contributed by atoms with Crippen LogP contribution in [0.25, 0.3) is 22.2 Å². The van der Waals surface area contributed by atoms with E-state index < -0.39 is 18.0 Å². The number of benzene rings is 2. The smallest absolute Gasteiger partial charge is 0.336 e. The number of aromatic nitrogens is 1. The lowest BCUT2D eigenvalue weighted by molar-refractivity contribution is -0.150. The molecule has 1 amide bonds. The van der Waals surface area contributed by atoms with Crippen molar-refractivity contribution in [3.8, 4) is 11.3 Å². The maximum atomic E-state index is 12.7. The highest BCUT2D eigenvalue weighted by Crippen LogP contribution is 2.25. The monoisotopic (exact) mass is 448 g/mol. The first-order valence-corrected chi connectivity index (χ1v) is 11.1. The number of carboxylic acid groups (broad SMARTS) is 2. The Bertz CT molecular complexity index is 1170. The Morgan fingerprint density at radius 3 is 2.45 bits per heavy atom. The van der Waals surface area contributed by atoms with Crippen LogP contribution in [0.15, 0.2) is 54.6 Å². The molecule has 3 rings (SSSR count). The number of carbonyl (C=O) groups excluding carboxylic acids is 1. The van der Waals surface area contributed by atoms with Crippen LogP contribution in [0.3, 0.4) is 0 Å². The van der Waals surface area contributed by atoms with Crippen LogP contribution in [0.4, 0.5) is 0 Å². The molecule has 0 aliphatic heterocycles. The van der Waals surface area contributed by atoms with Crippen LogP contribution < -0.4 is 0 Å². The molecule has 2 aromatic carbocycles. The molecule has 0 saturated heterocycles. The van der Waals surface area contributed by atoms with Gasteiger partial charge >= 0.3 is 11.9 Å². The summed E-state index contributed by atoms with van der Waals surface area (Å²) >= 11 is 0. The van der Waals surface area contributed by atoms with Gasteiger partial charge in [-0.05, 0) is 43.2 Å². The SMILES string of the molecule is CCCCCC(=O)N(Cc1ccc2nc(-c3ccccc3C(=O)O)ccc2c1)[C@@H](C)C(=O)O. The minimum atomic E-state index is -1.04. The number of fused-ring (bicyclic) bond motifs is 1. The van der Waals surface area contributed by atoms with Gasteiger partial charge < -0.3 is 15.1 Å². The molecule has 33 heavy (non-hydrogen) atoms. The van der Waals surface area contributed by atoms with Gasteiger partial charge in [0.05, 0.1) is 16.8 Å². The molecule has 0 aliphatic carbocycles. The van der Waals surface area contributed by atoms with E-state index in [4.69, 9.17) is 0 Å². The quantitative estimate of drug-likeness (QED) is 0.424. The summed E-state index contributed by atoms with van der Waals surface area (Å²) in [7, 11) is 0. The molecule has 0 bridgehead atoms. The maximum Gasteiger partial charge on any atom is 0.336 e. The largest absolute Gasteiger partial charge is 0.480 e. The fourth-order valence-electron chi connectivity index (χ4n) is 3.76. The molecule has 1 atom stereocenters. The van der Waals surface area contributed by atoms with Crippen LogP contribution in [-0.4, -0.2) is 44.0 Å². The average Bonchev–Trinajstić information content (AvgIpc) is 2.81. The Morgan fingerprint density at radius 1 is 1.00 bits per heavy atom. The number of aromatic carboxylic acids is 1. The number of hydrogen-bond acceptors (Lipinski definition) is 4. The van der Waals surface area contributed by atoms with Crippen LogP contribution in [-0.2, 0) is 16.1 Å². The van der Waals surface area contributed by atoms with Crippen molar-refractivity contribution in [3.63, 3.8) is 0 Å². The lowest BCUT2D eigenvalue weighted by Gasteiger charge is -2.27. The van der Waals surface area contributed by atoms with Crippen molar-refractivity contribution in [1.29, 1.82) is 0 Å². The molecule has 0 saturated carbocycles. The zero-order valence-corrected chi connectivity index (χ0v) is 18.8. The number of carboxylic acids is 2. The van der Waals surface area contributed by atoms with Gasteiger partial charge in [0.2, 0.25) is 5.91 Å². The van der Waals surface area contributed by atoms with Crippen molar-refractivity contribution in [2.45, 2.75) is 52.1 Å². The molecule has 2 N–H and O–H groups in total. The van der Waals surface area contributed by atoms with Crippen LogP contribution in [0.2, 0.25) is 0 Å². The molecule has 1 aromatic heterocycles. The summed E-state index contributed by atoms with van der Waals surface area (Å²) in [4.78, 5) is 41.9. The standard InChI is InChI=1S/C26H28N2O5/c1-3-4-5-10-24(29)28(17(2)25(30)31)16-18-11-13-22-19(15-18)12-14-23(27-22)20-8-6-7-9-21(20)26(32)33/h6-9,11-15,17H,3-5,10,16H2,1-2H3,(H,30,31)(H,32,33)/t17-/m0/s1. The van der Waals surface area contributed by atoms with E-state index in [1.807, 2.05) is 24.3 Å². The molecule has 0 radical (unpaired) electrons. The highest BCUT2D eigenvalue weighted by molar-refractivity contribution is 5.96. The van der Waals surface area contributed by atoms with Gasteiger partial charge in [-0.3, -0.25) is 4.79 Å². The minimum Gasteiger partial charge on any atom is -0.480 e. The summed E-state index contributed by atoms with van der Waals surface area (Å²) in [5.41, 5.74) is 2.76. The van der Waals surface area contributed by atoms with Crippen LogP contribution in [0, 0.1) is 0 Å². The number of pyridine rings is 1. The van der Waals surface area contributed by atoms with Gasteiger partial charge in [0, 0.05) is 23.9 Å². The Balaban J connectivity index is 1.88. The molecule has 3 aromatic rings. The number of amides is 1. The van der Waals surface area contributed by atoms with Crippen molar-refractivity contribution >= 4 is 28.7 Å². The molecule has 1 heterocycles. The summed E-state index contributed by atoms with van der Waals surface area (Å²) in [6.07, 6.45) is 2.97. The third-order valence-electron chi connectivity index (χ3n) is 5.68. The second kappa shape index (κ2) is 10.7. The predicted molar refractivity (Wildman–Crippen MR) is 126 cm³/mol. The molecule has 0 aliphatic rings. The molecule has 7 nitrogen and oxygen atoms in total. The summed E-state index contributed by atoms with van der Waals surface area (Å²) < 4.78 is 0. The minimum absolute atomic E-state index is 0.169. The van der Waals surface area contributed by atoms with Gasteiger partial charge in [-0.1, -0.05) is 50.1 Å². The zero-order valence-electron chi connectivity index (χ0n) is 18.8. The Labute approximate surface area is 192 Å². The Morgan fingerprint density at radius 2 is 1.76 bits per heavy atom. The first-order chi connectivity index (χ1) is 15.8. The fraction of sp³-hybridized carbons (Fsp3) is 0.308. The van der Waals surface area contributed by atoms with E-state index in [0.29, 0.717) is 23.2 Å². The number of rotatable bonds is 10. The van der Waals surface area contributed by atoms with E-state index in [-0.39, 0.29) is 18.0 Å². The first kappa shape index (κ1) is 23.9. The van der Waals surface area contributed by atoms with Gasteiger partial charge in [0.15, 0.2) is 0 Å². The molecular formula is C26H28N2O5. The second-order valence-electron chi connectivity index (χ2n) is 8.07. The summed E-state index contributed by atoms with van der Waals surface area (Å²) in [6, 6.07) is 14.9. The van der Waals surface area contributed by atoms with Gasteiger partial charge in [0.1, 0.15) is 6.04 Å². The Kier molecular flexibility index (Phi) is 7.77. The summed E-state index contributed by atoms with van der Waals surface area (Å²) in [6.45, 7) is 3.77. The van der Waals surface area contributed by atoms with Crippen molar-refractivity contribution in [3.05, 3.63) is 65.7 Å². The van der Waals surface area contributed by atoms with Crippen LogP contribution in [0.5, 0.6) is 0 Å². The number of aliphatic carboxylic acids is 1. The predicted octanol–water partition coefficient (Wildman–Crippen LogP) is 4.98. The lowest BCUT2D eigenvalue weighted by atomic mass is 10.0. The molecule has 0 unspecified atom stereocenters. The summed E-state index contributed by atoms with van der Waals surface area (Å²) in [5, 5.41) is 19.8. The van der Waals surface area contributed by atoms with Gasteiger partial charge in [0.25, 0.3) is 0 Å². The topological polar surface area (TPSA) is 108 Å². The van der Waals surface area contributed by atoms with Gasteiger partial charge in [-0.15, -0.1) is 0 Å². The van der Waals surface area contributed by atoms with E-state index in [0.717, 1.165) is 30.2 Å². The second-order valence-corrected chi connectivity index (χ2v) is 8.07. The first-order valence-electron chi connectivity index (χ1n) is 11.1. The number of carbonyl (C=O) groups is 3. The Hall–Kier alpha value is -3.74. The average molecular weight is 449 g/mol. The van der Waals surface area contributed by atoms with E-state index in [2.05, 4.69) is 11.9 Å². The number of hydrogen-bond donors (Lipinski definition) is 2. The van der Waals surface area contributed by atoms with Gasteiger partial charge in [-0.2, -0.15) is 0 Å². The van der Waals surface area contributed by atoms with E-state index >= 15 is 0 Å². The lowest BCUT2D eigenvalue weighted by Crippen LogP contribution is -2.42. The van der Waals surface area contributed by atoms with Crippen LogP contribution in [0.1, 0.15) is 55.5 Å². The molecule has 0 spiro atoms. The van der Waals surface area contributed by atoms with Crippen molar-refractivity contribution in [2.24, 2.45) is 0 Å². The highest BCUT2D eigenvalue weighted by atomic mass is 16.4. The summed E-state index contributed by atoms with van der Waals surface area (Å²) in [5.74, 6) is -2.22. The van der Waals surface area contributed by atoms with E-state index in [9.17, 15) is 24.6 Å². The third-order valence-corrected chi connectivity index (χ3v) is 5.68. The number of unbranched alkanes of at least 4 members (excludes halogenated alkanes) is 2. The van der Waals surface area contributed by atoms with Crippen molar-refractivity contribution in [2.75, 3.05) is 0 Å². The molecule has 172 valence electrons. The fourth-order valence-corrected chi connectivity index (χ4v) is 3.76. The molecular weight excluding hydrogens is 420 g/mol. The van der Waals surface area contributed by atoms with Gasteiger partial charge in [-0.25, -0.2) is 14.6 Å². The zero-order chi connectivity index (χ0) is 24.0.